The lowest BCUT2D eigenvalue weighted by Crippen LogP contribution is -2.58. The van der Waals surface area contributed by atoms with Crippen molar-refractivity contribution in [2.24, 2.45) is 11.8 Å². The lowest BCUT2D eigenvalue weighted by atomic mass is 9.76. The van der Waals surface area contributed by atoms with Gasteiger partial charge in [0.2, 0.25) is 0 Å². The summed E-state index contributed by atoms with van der Waals surface area (Å²) in [7, 11) is 0. The van der Waals surface area contributed by atoms with E-state index in [1.807, 2.05) is 0 Å². The van der Waals surface area contributed by atoms with Gasteiger partial charge in [-0.25, -0.2) is 0 Å². The Bertz CT molecular complexity index is 276. The molecule has 0 amide bonds. The van der Waals surface area contributed by atoms with Gasteiger partial charge < -0.3 is 5.11 Å². The van der Waals surface area contributed by atoms with Crippen LogP contribution in [0.3, 0.4) is 0 Å². The molecule has 0 aliphatic heterocycles. The van der Waals surface area contributed by atoms with Gasteiger partial charge in [-0.1, -0.05) is 39.0 Å². The number of halogens is 6. The average Bonchev–Trinajstić information content (AvgIpc) is 2.27. The Morgan fingerprint density at radius 1 is 0.947 bits per heavy atom. The summed E-state index contributed by atoms with van der Waals surface area (Å²) in [5.74, 6) is -0.987. The molecule has 19 heavy (non-hydrogen) atoms. The lowest BCUT2D eigenvalue weighted by Gasteiger charge is -2.37. The molecule has 0 aromatic rings. The van der Waals surface area contributed by atoms with Gasteiger partial charge in [0, 0.05) is 0 Å². The highest BCUT2D eigenvalue weighted by molar-refractivity contribution is 4.95. The van der Waals surface area contributed by atoms with Crippen molar-refractivity contribution >= 4 is 0 Å². The zero-order chi connectivity index (χ0) is 14.9. The van der Waals surface area contributed by atoms with Crippen molar-refractivity contribution in [1.29, 1.82) is 0 Å². The molecule has 1 aliphatic carbocycles. The molecule has 1 N–H and O–H groups in total. The molecule has 0 bridgehead atoms. The normalized spacial score (nSPS) is 21.5. The third-order valence-electron chi connectivity index (χ3n) is 4.01. The summed E-state index contributed by atoms with van der Waals surface area (Å²) in [6.45, 7) is 1.36. The molecule has 1 aliphatic rings. The van der Waals surface area contributed by atoms with E-state index in [0.29, 0.717) is 12.8 Å². The van der Waals surface area contributed by atoms with E-state index in [2.05, 4.69) is 0 Å². The summed E-state index contributed by atoms with van der Waals surface area (Å²) < 4.78 is 75.3. The molecule has 1 atom stereocenters. The van der Waals surface area contributed by atoms with Crippen LogP contribution in [0.1, 0.15) is 45.4 Å². The summed E-state index contributed by atoms with van der Waals surface area (Å²) in [5.41, 5.74) is -4.60. The molecule has 1 fully saturated rings. The van der Waals surface area contributed by atoms with Crippen LogP contribution in [0, 0.1) is 11.8 Å². The van der Waals surface area contributed by atoms with E-state index in [0.717, 1.165) is 19.3 Å². The Morgan fingerprint density at radius 3 is 1.74 bits per heavy atom. The van der Waals surface area contributed by atoms with Gasteiger partial charge >= 0.3 is 12.4 Å². The first-order valence-corrected chi connectivity index (χ1v) is 6.35. The Morgan fingerprint density at radius 2 is 1.37 bits per heavy atom. The zero-order valence-corrected chi connectivity index (χ0v) is 10.6. The van der Waals surface area contributed by atoms with Crippen molar-refractivity contribution in [1.82, 2.24) is 0 Å². The topological polar surface area (TPSA) is 20.2 Å². The smallest absolute Gasteiger partial charge is 0.374 e. The van der Waals surface area contributed by atoms with E-state index in [1.165, 1.54) is 6.92 Å². The first-order chi connectivity index (χ1) is 8.49. The fourth-order valence-corrected chi connectivity index (χ4v) is 2.73. The van der Waals surface area contributed by atoms with Crippen LogP contribution < -0.4 is 0 Å². The maximum absolute atomic E-state index is 12.6. The fourth-order valence-electron chi connectivity index (χ4n) is 2.73. The molecule has 0 radical (unpaired) electrons. The SMILES string of the molecule is C[C@@H](CC(O)(C(F)(F)F)C(F)(F)F)C1CCCCC1. The van der Waals surface area contributed by atoms with Gasteiger partial charge in [-0.3, -0.25) is 0 Å². The average molecular weight is 292 g/mol. The quantitative estimate of drug-likeness (QED) is 0.762. The van der Waals surface area contributed by atoms with Gasteiger partial charge in [-0.05, 0) is 18.3 Å². The summed E-state index contributed by atoms with van der Waals surface area (Å²) in [4.78, 5) is 0. The Kier molecular flexibility index (Phi) is 4.80. The van der Waals surface area contributed by atoms with E-state index < -0.39 is 30.3 Å². The molecular weight excluding hydrogens is 274 g/mol. The highest BCUT2D eigenvalue weighted by atomic mass is 19.4. The molecule has 0 aromatic carbocycles. The summed E-state index contributed by atoms with van der Waals surface area (Å²) in [6.07, 6.45) is -8.84. The summed E-state index contributed by atoms with van der Waals surface area (Å²) in [6, 6.07) is 0. The van der Waals surface area contributed by atoms with Crippen molar-refractivity contribution in [3.05, 3.63) is 0 Å². The molecular formula is C12H18F6O. The van der Waals surface area contributed by atoms with Gasteiger partial charge in [0.1, 0.15) is 0 Å². The third-order valence-corrected chi connectivity index (χ3v) is 4.01. The first kappa shape index (κ1) is 16.6. The van der Waals surface area contributed by atoms with Crippen LogP contribution in [0.2, 0.25) is 0 Å². The van der Waals surface area contributed by atoms with Crippen molar-refractivity contribution in [2.45, 2.75) is 63.4 Å². The number of rotatable bonds is 3. The number of alkyl halides is 6. The molecule has 0 aromatic heterocycles. The Hall–Kier alpha value is -0.460. The van der Waals surface area contributed by atoms with Crippen LogP contribution in [0.15, 0.2) is 0 Å². The fraction of sp³-hybridized carbons (Fsp3) is 1.00. The second-order valence-electron chi connectivity index (χ2n) is 5.44. The molecule has 1 saturated carbocycles. The highest BCUT2D eigenvalue weighted by Gasteiger charge is 2.70. The van der Waals surface area contributed by atoms with Crippen molar-refractivity contribution in [2.75, 3.05) is 0 Å². The lowest BCUT2D eigenvalue weighted by molar-refractivity contribution is -0.373. The number of aliphatic hydroxyl groups is 1. The molecule has 7 heteroatoms. The van der Waals surface area contributed by atoms with E-state index >= 15 is 0 Å². The second kappa shape index (κ2) is 5.50. The van der Waals surface area contributed by atoms with Crippen LogP contribution in [0.4, 0.5) is 26.3 Å². The maximum Gasteiger partial charge on any atom is 0.426 e. The van der Waals surface area contributed by atoms with Crippen LogP contribution in [-0.4, -0.2) is 23.1 Å². The minimum atomic E-state index is -5.70. The van der Waals surface area contributed by atoms with Crippen molar-refractivity contribution < 1.29 is 31.4 Å². The van der Waals surface area contributed by atoms with Crippen LogP contribution >= 0.6 is 0 Å². The molecule has 1 nitrogen and oxygen atoms in total. The Balaban J connectivity index is 2.84. The second-order valence-corrected chi connectivity index (χ2v) is 5.44. The van der Waals surface area contributed by atoms with Crippen LogP contribution in [0.25, 0.3) is 0 Å². The summed E-state index contributed by atoms with van der Waals surface area (Å²) in [5, 5.41) is 9.14. The number of hydrogen-bond donors (Lipinski definition) is 1. The Labute approximate surface area is 108 Å². The van der Waals surface area contributed by atoms with Crippen LogP contribution in [0.5, 0.6) is 0 Å². The van der Waals surface area contributed by atoms with E-state index in [9.17, 15) is 26.3 Å². The van der Waals surface area contributed by atoms with Gasteiger partial charge in [0.05, 0.1) is 0 Å². The largest absolute Gasteiger partial charge is 0.426 e. The minimum absolute atomic E-state index is 0.176. The molecule has 0 unspecified atom stereocenters. The summed E-state index contributed by atoms with van der Waals surface area (Å²) >= 11 is 0. The monoisotopic (exact) mass is 292 g/mol. The van der Waals surface area contributed by atoms with Gasteiger partial charge in [-0.15, -0.1) is 0 Å². The van der Waals surface area contributed by atoms with Crippen molar-refractivity contribution in [3.63, 3.8) is 0 Å². The van der Waals surface area contributed by atoms with Crippen LogP contribution in [-0.2, 0) is 0 Å². The standard InChI is InChI=1S/C12H18F6O/c1-8(9-5-3-2-4-6-9)7-10(19,11(13,14)15)12(16,17)18/h8-9,19H,2-7H2,1H3/t8-/m0/s1. The van der Waals surface area contributed by atoms with E-state index in [-0.39, 0.29) is 5.92 Å². The molecule has 1 rings (SSSR count). The van der Waals surface area contributed by atoms with Crippen molar-refractivity contribution in [3.8, 4) is 0 Å². The third kappa shape index (κ3) is 3.55. The van der Waals surface area contributed by atoms with Gasteiger partial charge in [-0.2, -0.15) is 26.3 Å². The van der Waals surface area contributed by atoms with E-state index in [4.69, 9.17) is 5.11 Å². The van der Waals surface area contributed by atoms with Gasteiger partial charge in [0.25, 0.3) is 5.60 Å². The molecule has 0 saturated heterocycles. The predicted molar refractivity (Wildman–Crippen MR) is 57.4 cm³/mol. The molecule has 0 spiro atoms. The molecule has 0 heterocycles. The molecule has 114 valence electrons. The first-order valence-electron chi connectivity index (χ1n) is 6.35. The minimum Gasteiger partial charge on any atom is -0.374 e. The zero-order valence-electron chi connectivity index (χ0n) is 10.6. The van der Waals surface area contributed by atoms with E-state index in [1.54, 1.807) is 0 Å². The number of hydrogen-bond acceptors (Lipinski definition) is 1. The maximum atomic E-state index is 12.6. The predicted octanol–water partition coefficient (Wildman–Crippen LogP) is 4.45. The highest BCUT2D eigenvalue weighted by Crippen LogP contribution is 2.48. The van der Waals surface area contributed by atoms with Gasteiger partial charge in [0.15, 0.2) is 0 Å².